The van der Waals surface area contributed by atoms with E-state index in [0.29, 0.717) is 5.92 Å². The van der Waals surface area contributed by atoms with Crippen LogP contribution in [0.3, 0.4) is 0 Å². The topological polar surface area (TPSA) is 62.3 Å². The number of aromatic nitrogens is 2. The van der Waals surface area contributed by atoms with E-state index in [1.165, 1.54) is 12.8 Å². The number of hydrogen-bond donors (Lipinski definition) is 1. The van der Waals surface area contributed by atoms with Gasteiger partial charge in [-0.15, -0.1) is 0 Å². The van der Waals surface area contributed by atoms with Gasteiger partial charge in [0.15, 0.2) is 0 Å². The molecule has 1 aromatic rings. The van der Waals surface area contributed by atoms with Gasteiger partial charge in [-0.05, 0) is 31.6 Å². The van der Waals surface area contributed by atoms with Crippen LogP contribution in [0.15, 0.2) is 12.5 Å². The molecule has 1 saturated heterocycles. The van der Waals surface area contributed by atoms with Crippen molar-refractivity contribution in [3.05, 3.63) is 18.2 Å². The summed E-state index contributed by atoms with van der Waals surface area (Å²) in [5.41, 5.74) is 7.48. The summed E-state index contributed by atoms with van der Waals surface area (Å²) in [5.74, 6) is 1.27. The fourth-order valence-electron chi connectivity index (χ4n) is 2.74. The van der Waals surface area contributed by atoms with Gasteiger partial charge < -0.3 is 19.8 Å². The molecule has 0 bridgehead atoms. The lowest BCUT2D eigenvalue weighted by Crippen LogP contribution is -2.24. The average molecular weight is 279 g/mol. The fourth-order valence-corrected chi connectivity index (χ4v) is 2.74. The zero-order valence-electron chi connectivity index (χ0n) is 12.0. The molecule has 1 saturated carbocycles. The zero-order chi connectivity index (χ0) is 13.8. The molecule has 2 unspecified atom stereocenters. The Bertz CT molecular complexity index is 411. The van der Waals surface area contributed by atoms with E-state index in [1.54, 1.807) is 0 Å². The lowest BCUT2D eigenvalue weighted by atomic mass is 9.97. The molecule has 2 heterocycles. The Hall–Kier alpha value is -0.910. The molecule has 0 amide bonds. The molecule has 0 radical (unpaired) electrons. The predicted octanol–water partition coefficient (Wildman–Crippen LogP) is 1.74. The van der Waals surface area contributed by atoms with Crippen LogP contribution in [0.25, 0.3) is 0 Å². The number of hydrogen-bond acceptors (Lipinski definition) is 4. The summed E-state index contributed by atoms with van der Waals surface area (Å²) in [5, 5.41) is 0. The Labute approximate surface area is 120 Å². The second kappa shape index (κ2) is 6.70. The Kier molecular flexibility index (Phi) is 4.70. The number of ether oxygens (including phenoxy) is 2. The van der Waals surface area contributed by atoms with Crippen LogP contribution in [0, 0.1) is 11.8 Å². The summed E-state index contributed by atoms with van der Waals surface area (Å²) < 4.78 is 13.3. The summed E-state index contributed by atoms with van der Waals surface area (Å²) in [6, 6.07) is 0.0346. The van der Waals surface area contributed by atoms with Gasteiger partial charge in [0.25, 0.3) is 0 Å². The van der Waals surface area contributed by atoms with Crippen molar-refractivity contribution in [1.29, 1.82) is 0 Å². The molecule has 2 fully saturated rings. The van der Waals surface area contributed by atoms with Crippen molar-refractivity contribution in [3.63, 3.8) is 0 Å². The SMILES string of the molecule is NC(c1cncn1CCCOCC1CC1)C1CCOC1. The van der Waals surface area contributed by atoms with Gasteiger partial charge in [-0.3, -0.25) is 0 Å². The highest BCUT2D eigenvalue weighted by Gasteiger charge is 2.26. The van der Waals surface area contributed by atoms with Gasteiger partial charge >= 0.3 is 0 Å². The molecule has 0 aromatic carbocycles. The Morgan fingerprint density at radius 3 is 3.10 bits per heavy atom. The van der Waals surface area contributed by atoms with E-state index in [0.717, 1.165) is 57.4 Å². The van der Waals surface area contributed by atoms with Crippen LogP contribution in [0.4, 0.5) is 0 Å². The molecule has 1 aliphatic carbocycles. The standard InChI is InChI=1S/C15H25N3O2/c16-15(13-4-7-20-10-13)14-8-17-11-18(14)5-1-6-19-9-12-2-3-12/h8,11-13,15H,1-7,9-10,16H2. The van der Waals surface area contributed by atoms with Crippen molar-refractivity contribution in [2.75, 3.05) is 26.4 Å². The van der Waals surface area contributed by atoms with Gasteiger partial charge in [0.1, 0.15) is 0 Å². The van der Waals surface area contributed by atoms with E-state index in [1.807, 2.05) is 12.5 Å². The van der Waals surface area contributed by atoms with Crippen LogP contribution in [0.2, 0.25) is 0 Å². The highest BCUT2D eigenvalue weighted by molar-refractivity contribution is 5.07. The van der Waals surface area contributed by atoms with E-state index in [4.69, 9.17) is 15.2 Å². The lowest BCUT2D eigenvalue weighted by molar-refractivity contribution is 0.119. The monoisotopic (exact) mass is 279 g/mol. The van der Waals surface area contributed by atoms with E-state index in [9.17, 15) is 0 Å². The number of nitrogens with two attached hydrogens (primary N) is 1. The molecular formula is C15H25N3O2. The van der Waals surface area contributed by atoms with Gasteiger partial charge in [-0.1, -0.05) is 0 Å². The molecule has 2 aliphatic rings. The van der Waals surface area contributed by atoms with Crippen molar-refractivity contribution < 1.29 is 9.47 Å². The molecule has 1 aromatic heterocycles. The van der Waals surface area contributed by atoms with Crippen LogP contribution in [0.5, 0.6) is 0 Å². The first-order valence-corrected chi connectivity index (χ1v) is 7.75. The number of rotatable bonds is 8. The van der Waals surface area contributed by atoms with Crippen LogP contribution in [-0.2, 0) is 16.0 Å². The smallest absolute Gasteiger partial charge is 0.0948 e. The summed E-state index contributed by atoms with van der Waals surface area (Å²) in [7, 11) is 0. The third-order valence-electron chi connectivity index (χ3n) is 4.30. The van der Waals surface area contributed by atoms with Gasteiger partial charge in [-0.25, -0.2) is 4.98 Å². The molecular weight excluding hydrogens is 254 g/mol. The molecule has 2 atom stereocenters. The number of nitrogens with zero attached hydrogens (tertiary/aromatic N) is 2. The molecule has 3 rings (SSSR count). The van der Waals surface area contributed by atoms with E-state index in [-0.39, 0.29) is 6.04 Å². The average Bonchev–Trinajstić information content (AvgIpc) is 2.96. The first-order valence-electron chi connectivity index (χ1n) is 7.75. The Morgan fingerprint density at radius 1 is 1.45 bits per heavy atom. The van der Waals surface area contributed by atoms with Crippen LogP contribution >= 0.6 is 0 Å². The van der Waals surface area contributed by atoms with Gasteiger partial charge in [0.05, 0.1) is 24.7 Å². The third-order valence-corrected chi connectivity index (χ3v) is 4.30. The van der Waals surface area contributed by atoms with Gasteiger partial charge in [0.2, 0.25) is 0 Å². The Morgan fingerprint density at radius 2 is 2.35 bits per heavy atom. The minimum absolute atomic E-state index is 0.0346. The largest absolute Gasteiger partial charge is 0.381 e. The summed E-state index contributed by atoms with van der Waals surface area (Å²) >= 11 is 0. The van der Waals surface area contributed by atoms with Crippen LogP contribution in [0.1, 0.15) is 37.4 Å². The second-order valence-electron chi connectivity index (χ2n) is 6.03. The molecule has 112 valence electrons. The number of aryl methyl sites for hydroxylation is 1. The minimum Gasteiger partial charge on any atom is -0.381 e. The lowest BCUT2D eigenvalue weighted by Gasteiger charge is -2.19. The van der Waals surface area contributed by atoms with E-state index >= 15 is 0 Å². The second-order valence-corrected chi connectivity index (χ2v) is 6.03. The fraction of sp³-hybridized carbons (Fsp3) is 0.800. The molecule has 20 heavy (non-hydrogen) atoms. The molecule has 2 N–H and O–H groups in total. The van der Waals surface area contributed by atoms with Crippen LogP contribution < -0.4 is 5.73 Å². The van der Waals surface area contributed by atoms with Gasteiger partial charge in [0, 0.05) is 38.5 Å². The van der Waals surface area contributed by atoms with Crippen LogP contribution in [-0.4, -0.2) is 36.0 Å². The summed E-state index contributed by atoms with van der Waals surface area (Å²) in [4.78, 5) is 4.25. The van der Waals surface area contributed by atoms with Gasteiger partial charge in [-0.2, -0.15) is 0 Å². The maximum Gasteiger partial charge on any atom is 0.0948 e. The normalized spacial score (nSPS) is 24.1. The zero-order valence-corrected chi connectivity index (χ0v) is 12.0. The predicted molar refractivity (Wildman–Crippen MR) is 76.2 cm³/mol. The quantitative estimate of drug-likeness (QED) is 0.736. The maximum atomic E-state index is 6.35. The summed E-state index contributed by atoms with van der Waals surface area (Å²) in [6.45, 7) is 4.31. The van der Waals surface area contributed by atoms with Crippen molar-refractivity contribution in [2.45, 2.75) is 38.3 Å². The molecule has 5 nitrogen and oxygen atoms in total. The third kappa shape index (κ3) is 3.59. The molecule has 1 aliphatic heterocycles. The molecule has 0 spiro atoms. The summed E-state index contributed by atoms with van der Waals surface area (Å²) in [6.07, 6.45) is 8.55. The molecule has 5 heteroatoms. The van der Waals surface area contributed by atoms with Crippen molar-refractivity contribution in [1.82, 2.24) is 9.55 Å². The van der Waals surface area contributed by atoms with E-state index < -0.39 is 0 Å². The highest BCUT2D eigenvalue weighted by Crippen LogP contribution is 2.29. The van der Waals surface area contributed by atoms with Crippen molar-refractivity contribution in [2.24, 2.45) is 17.6 Å². The highest BCUT2D eigenvalue weighted by atomic mass is 16.5. The van der Waals surface area contributed by atoms with Crippen molar-refractivity contribution in [3.8, 4) is 0 Å². The number of imidazole rings is 1. The van der Waals surface area contributed by atoms with E-state index in [2.05, 4.69) is 9.55 Å². The first kappa shape index (κ1) is 14.0. The minimum atomic E-state index is 0.0346. The van der Waals surface area contributed by atoms with Crippen molar-refractivity contribution >= 4 is 0 Å². The first-order chi connectivity index (χ1) is 9.84. The Balaban J connectivity index is 1.45. The maximum absolute atomic E-state index is 6.35.